The van der Waals surface area contributed by atoms with Gasteiger partial charge in [-0.25, -0.2) is 0 Å². The minimum atomic E-state index is 0.198. The van der Waals surface area contributed by atoms with Crippen molar-refractivity contribution in [3.63, 3.8) is 0 Å². The summed E-state index contributed by atoms with van der Waals surface area (Å²) in [5.41, 5.74) is 1.96. The number of nitrogens with zero attached hydrogens (tertiary/aromatic N) is 2. The number of nitrogens with one attached hydrogen (secondary N) is 1. The third-order valence-electron chi connectivity index (χ3n) is 4.20. The molecule has 0 amide bonds. The highest BCUT2D eigenvalue weighted by atomic mass is 15.2. The SMILES string of the molecule is CCC(CC)(CCc1cnn(C)c1)CNC(C)(C)C. The van der Waals surface area contributed by atoms with E-state index in [1.807, 2.05) is 17.9 Å². The summed E-state index contributed by atoms with van der Waals surface area (Å²) in [4.78, 5) is 0. The lowest BCUT2D eigenvalue weighted by Crippen LogP contribution is -2.43. The molecular formula is C16H31N3. The molecule has 0 saturated heterocycles. The fourth-order valence-corrected chi connectivity index (χ4v) is 2.41. The summed E-state index contributed by atoms with van der Waals surface area (Å²) in [7, 11) is 1.98. The zero-order valence-electron chi connectivity index (χ0n) is 13.6. The van der Waals surface area contributed by atoms with Crippen LogP contribution in [0.1, 0.15) is 59.4 Å². The Morgan fingerprint density at radius 3 is 2.26 bits per heavy atom. The van der Waals surface area contributed by atoms with Crippen LogP contribution in [0, 0.1) is 5.41 Å². The van der Waals surface area contributed by atoms with Crippen LogP contribution < -0.4 is 5.32 Å². The molecule has 3 nitrogen and oxygen atoms in total. The summed E-state index contributed by atoms with van der Waals surface area (Å²) in [6.07, 6.45) is 8.94. The Balaban J connectivity index is 2.60. The van der Waals surface area contributed by atoms with Crippen LogP contribution >= 0.6 is 0 Å². The summed E-state index contributed by atoms with van der Waals surface area (Å²) in [6, 6.07) is 0. The van der Waals surface area contributed by atoms with Crippen LogP contribution in [-0.2, 0) is 13.5 Å². The molecule has 0 aromatic carbocycles. The fourth-order valence-electron chi connectivity index (χ4n) is 2.41. The molecular weight excluding hydrogens is 234 g/mol. The van der Waals surface area contributed by atoms with Gasteiger partial charge in [0.2, 0.25) is 0 Å². The Labute approximate surface area is 118 Å². The Hall–Kier alpha value is -0.830. The van der Waals surface area contributed by atoms with Crippen LogP contribution in [0.5, 0.6) is 0 Å². The first-order valence-corrected chi connectivity index (χ1v) is 7.53. The second-order valence-electron chi connectivity index (χ2n) is 6.83. The van der Waals surface area contributed by atoms with E-state index in [1.165, 1.54) is 24.8 Å². The van der Waals surface area contributed by atoms with Gasteiger partial charge in [0.05, 0.1) is 6.20 Å². The third-order valence-corrected chi connectivity index (χ3v) is 4.20. The fraction of sp³-hybridized carbons (Fsp3) is 0.812. The summed E-state index contributed by atoms with van der Waals surface area (Å²) in [6.45, 7) is 12.5. The van der Waals surface area contributed by atoms with Crippen LogP contribution in [0.3, 0.4) is 0 Å². The molecule has 0 unspecified atom stereocenters. The van der Waals surface area contributed by atoms with Gasteiger partial charge in [0.25, 0.3) is 0 Å². The number of hydrogen-bond donors (Lipinski definition) is 1. The maximum Gasteiger partial charge on any atom is 0.0521 e. The highest BCUT2D eigenvalue weighted by Gasteiger charge is 2.27. The maximum absolute atomic E-state index is 4.26. The zero-order valence-corrected chi connectivity index (χ0v) is 13.6. The summed E-state index contributed by atoms with van der Waals surface area (Å²) in [5.74, 6) is 0. The molecule has 0 atom stereocenters. The van der Waals surface area contributed by atoms with Gasteiger partial charge in [-0.15, -0.1) is 0 Å². The molecule has 3 heteroatoms. The van der Waals surface area contributed by atoms with E-state index >= 15 is 0 Å². The standard InChI is InChI=1S/C16H31N3/c1-7-16(8-2,13-17-15(3,4)5)10-9-14-11-18-19(6)12-14/h11-12,17H,7-10,13H2,1-6H3. The molecule has 1 aromatic heterocycles. The number of rotatable bonds is 7. The molecule has 0 aliphatic carbocycles. The minimum absolute atomic E-state index is 0.198. The van der Waals surface area contributed by atoms with Gasteiger partial charge in [-0.05, 0) is 57.4 Å². The molecule has 110 valence electrons. The monoisotopic (exact) mass is 265 g/mol. The van der Waals surface area contributed by atoms with E-state index < -0.39 is 0 Å². The molecule has 1 rings (SSSR count). The Morgan fingerprint density at radius 2 is 1.84 bits per heavy atom. The highest BCUT2D eigenvalue weighted by Crippen LogP contribution is 2.32. The van der Waals surface area contributed by atoms with Crippen LogP contribution in [0.4, 0.5) is 0 Å². The van der Waals surface area contributed by atoms with Crippen molar-refractivity contribution in [1.29, 1.82) is 0 Å². The van der Waals surface area contributed by atoms with Gasteiger partial charge in [-0.3, -0.25) is 4.68 Å². The minimum Gasteiger partial charge on any atom is -0.312 e. The molecule has 1 N–H and O–H groups in total. The first-order valence-electron chi connectivity index (χ1n) is 7.53. The summed E-state index contributed by atoms with van der Waals surface area (Å²) in [5, 5.41) is 7.94. The topological polar surface area (TPSA) is 29.9 Å². The van der Waals surface area contributed by atoms with Gasteiger partial charge >= 0.3 is 0 Å². The summed E-state index contributed by atoms with van der Waals surface area (Å²) >= 11 is 0. The van der Waals surface area contributed by atoms with Crippen LogP contribution in [0.15, 0.2) is 12.4 Å². The van der Waals surface area contributed by atoms with E-state index in [0.29, 0.717) is 5.41 Å². The number of hydrogen-bond acceptors (Lipinski definition) is 2. The number of aryl methyl sites for hydroxylation is 2. The molecule has 0 radical (unpaired) electrons. The quantitative estimate of drug-likeness (QED) is 0.817. The predicted molar refractivity (Wildman–Crippen MR) is 82.3 cm³/mol. The molecule has 1 heterocycles. The second-order valence-corrected chi connectivity index (χ2v) is 6.83. The van der Waals surface area contributed by atoms with Crippen LogP contribution in [0.2, 0.25) is 0 Å². The smallest absolute Gasteiger partial charge is 0.0521 e. The summed E-state index contributed by atoms with van der Waals surface area (Å²) < 4.78 is 1.89. The Morgan fingerprint density at radius 1 is 1.21 bits per heavy atom. The van der Waals surface area contributed by atoms with E-state index in [9.17, 15) is 0 Å². The van der Waals surface area contributed by atoms with Gasteiger partial charge in [-0.1, -0.05) is 13.8 Å². The van der Waals surface area contributed by atoms with E-state index in [-0.39, 0.29) is 5.54 Å². The van der Waals surface area contributed by atoms with Crippen LogP contribution in [0.25, 0.3) is 0 Å². The molecule has 19 heavy (non-hydrogen) atoms. The Kier molecular flexibility index (Phi) is 5.60. The number of aromatic nitrogens is 2. The molecule has 0 aliphatic heterocycles. The maximum atomic E-state index is 4.26. The van der Waals surface area contributed by atoms with Crippen LogP contribution in [-0.4, -0.2) is 21.9 Å². The first kappa shape index (κ1) is 16.2. The predicted octanol–water partition coefficient (Wildman–Crippen LogP) is 3.55. The third kappa shape index (κ3) is 5.35. The van der Waals surface area contributed by atoms with Crippen molar-refractivity contribution < 1.29 is 0 Å². The van der Waals surface area contributed by atoms with Crippen molar-refractivity contribution in [2.75, 3.05) is 6.54 Å². The Bertz CT molecular complexity index is 370. The van der Waals surface area contributed by atoms with Crippen molar-refractivity contribution >= 4 is 0 Å². The molecule has 0 bridgehead atoms. The van der Waals surface area contributed by atoms with Gasteiger partial charge in [0.15, 0.2) is 0 Å². The lowest BCUT2D eigenvalue weighted by atomic mass is 9.77. The zero-order chi connectivity index (χ0) is 14.5. The highest BCUT2D eigenvalue weighted by molar-refractivity contribution is 5.04. The molecule has 0 spiro atoms. The molecule has 1 aromatic rings. The van der Waals surface area contributed by atoms with Gasteiger partial charge in [0.1, 0.15) is 0 Å². The molecule has 0 saturated carbocycles. The first-order chi connectivity index (χ1) is 8.80. The van der Waals surface area contributed by atoms with Crippen molar-refractivity contribution in [3.05, 3.63) is 18.0 Å². The lowest BCUT2D eigenvalue weighted by Gasteiger charge is -2.35. The van der Waals surface area contributed by atoms with Crippen molar-refractivity contribution in [2.45, 2.75) is 65.8 Å². The van der Waals surface area contributed by atoms with Gasteiger partial charge < -0.3 is 5.32 Å². The lowest BCUT2D eigenvalue weighted by molar-refractivity contribution is 0.205. The van der Waals surface area contributed by atoms with E-state index in [2.05, 4.69) is 51.2 Å². The van der Waals surface area contributed by atoms with Gasteiger partial charge in [-0.2, -0.15) is 5.10 Å². The van der Waals surface area contributed by atoms with Crippen molar-refractivity contribution in [3.8, 4) is 0 Å². The average Bonchev–Trinajstić information content (AvgIpc) is 2.75. The largest absolute Gasteiger partial charge is 0.312 e. The average molecular weight is 265 g/mol. The van der Waals surface area contributed by atoms with E-state index in [1.54, 1.807) is 0 Å². The normalized spacial score (nSPS) is 12.9. The molecule has 0 aliphatic rings. The van der Waals surface area contributed by atoms with Crippen molar-refractivity contribution in [1.82, 2.24) is 15.1 Å². The van der Waals surface area contributed by atoms with Gasteiger partial charge in [0, 0.05) is 25.3 Å². The van der Waals surface area contributed by atoms with Crippen molar-refractivity contribution in [2.24, 2.45) is 12.5 Å². The second kappa shape index (κ2) is 6.56. The molecule has 0 fully saturated rings. The van der Waals surface area contributed by atoms with E-state index in [0.717, 1.165) is 13.0 Å². The van der Waals surface area contributed by atoms with E-state index in [4.69, 9.17) is 0 Å².